The largest absolute Gasteiger partial charge is 0.341 e. The van der Waals surface area contributed by atoms with Crippen molar-refractivity contribution in [2.45, 2.75) is 27.3 Å². The van der Waals surface area contributed by atoms with Crippen LogP contribution in [0.1, 0.15) is 25.0 Å². The highest BCUT2D eigenvalue weighted by Gasteiger charge is 2.19. The van der Waals surface area contributed by atoms with Crippen LogP contribution >= 0.6 is 0 Å². The third kappa shape index (κ3) is 2.87. The van der Waals surface area contributed by atoms with Gasteiger partial charge in [-0.1, -0.05) is 42.0 Å². The van der Waals surface area contributed by atoms with Gasteiger partial charge in [0.25, 0.3) is 5.56 Å². The molecule has 4 rings (SSSR count). The molecule has 2 heterocycles. The van der Waals surface area contributed by atoms with Gasteiger partial charge in [-0.05, 0) is 38.5 Å². The van der Waals surface area contributed by atoms with Gasteiger partial charge in [0, 0.05) is 13.1 Å². The maximum Gasteiger partial charge on any atom is 0.263 e. The van der Waals surface area contributed by atoms with Gasteiger partial charge in [0.05, 0.1) is 17.4 Å². The van der Waals surface area contributed by atoms with Crippen molar-refractivity contribution in [1.29, 1.82) is 0 Å². The fourth-order valence-electron chi connectivity index (χ4n) is 3.53. The number of nitrogens with zero attached hydrogens (tertiary/aromatic N) is 5. The Bertz CT molecular complexity index is 1160. The Balaban J connectivity index is 2.07. The van der Waals surface area contributed by atoms with Crippen molar-refractivity contribution in [3.05, 3.63) is 70.0 Å². The van der Waals surface area contributed by atoms with Crippen molar-refractivity contribution in [3.8, 4) is 0 Å². The fraction of sp³-hybridized carbons (Fsp3) is 0.286. The van der Waals surface area contributed by atoms with Crippen molar-refractivity contribution >= 4 is 22.6 Å². The van der Waals surface area contributed by atoms with Gasteiger partial charge in [-0.3, -0.25) is 9.36 Å². The van der Waals surface area contributed by atoms with Gasteiger partial charge in [0.15, 0.2) is 0 Å². The number of hydrogen-bond acceptors (Lipinski definition) is 4. The molecule has 0 unspecified atom stereocenters. The number of benzene rings is 2. The summed E-state index contributed by atoms with van der Waals surface area (Å²) in [7, 11) is 0. The van der Waals surface area contributed by atoms with Crippen LogP contribution in [0.5, 0.6) is 0 Å². The highest BCUT2D eigenvalue weighted by atomic mass is 16.1. The maximum atomic E-state index is 13.3. The van der Waals surface area contributed by atoms with E-state index in [4.69, 9.17) is 0 Å². The van der Waals surface area contributed by atoms with Crippen LogP contribution in [0.3, 0.4) is 0 Å². The van der Waals surface area contributed by atoms with E-state index in [1.807, 2.05) is 59.9 Å². The lowest BCUT2D eigenvalue weighted by Gasteiger charge is -2.19. The van der Waals surface area contributed by atoms with Gasteiger partial charge in [-0.25, -0.2) is 4.40 Å². The summed E-state index contributed by atoms with van der Waals surface area (Å²) >= 11 is 0. The molecule has 0 aliphatic heterocycles. The van der Waals surface area contributed by atoms with E-state index in [2.05, 4.69) is 28.9 Å². The molecule has 27 heavy (non-hydrogen) atoms. The lowest BCUT2D eigenvalue weighted by molar-refractivity contribution is 0.764. The van der Waals surface area contributed by atoms with Crippen LogP contribution in [-0.4, -0.2) is 32.3 Å². The van der Waals surface area contributed by atoms with Crippen molar-refractivity contribution < 1.29 is 0 Å². The lowest BCUT2D eigenvalue weighted by atomic mass is 10.1. The van der Waals surface area contributed by atoms with Crippen molar-refractivity contribution in [1.82, 2.24) is 19.2 Å². The summed E-state index contributed by atoms with van der Waals surface area (Å²) in [6, 6.07) is 15.9. The zero-order valence-corrected chi connectivity index (χ0v) is 15.9. The minimum absolute atomic E-state index is 0.0384. The van der Waals surface area contributed by atoms with Gasteiger partial charge in [0.2, 0.25) is 11.7 Å². The summed E-state index contributed by atoms with van der Waals surface area (Å²) in [6.07, 6.45) is 0. The Hall–Kier alpha value is -3.15. The van der Waals surface area contributed by atoms with Gasteiger partial charge in [0.1, 0.15) is 0 Å². The van der Waals surface area contributed by atoms with Crippen molar-refractivity contribution in [2.24, 2.45) is 0 Å². The van der Waals surface area contributed by atoms with E-state index < -0.39 is 0 Å². The highest BCUT2D eigenvalue weighted by Crippen LogP contribution is 2.21. The van der Waals surface area contributed by atoms with Gasteiger partial charge in [-0.2, -0.15) is 0 Å². The third-order valence-corrected chi connectivity index (χ3v) is 4.97. The van der Waals surface area contributed by atoms with E-state index in [1.54, 1.807) is 4.57 Å². The average Bonchev–Trinajstić information content (AvgIpc) is 3.12. The molecule has 6 heteroatoms. The Kier molecular flexibility index (Phi) is 4.39. The number of fused-ring (bicyclic) bond motifs is 3. The SMILES string of the molecule is CCN(CC)c1nnc2n(Cc3ccccc3)c(=O)c3cc(C)ccc3n12. The molecule has 0 N–H and O–H groups in total. The number of hydrogen-bond donors (Lipinski definition) is 0. The molecular weight excluding hydrogens is 338 g/mol. The molecule has 0 aliphatic carbocycles. The number of aromatic nitrogens is 4. The predicted octanol–water partition coefficient (Wildman–Crippen LogP) is 3.25. The highest BCUT2D eigenvalue weighted by molar-refractivity contribution is 5.82. The van der Waals surface area contributed by atoms with E-state index in [-0.39, 0.29) is 5.56 Å². The monoisotopic (exact) mass is 361 g/mol. The van der Waals surface area contributed by atoms with Crippen LogP contribution in [0.25, 0.3) is 16.7 Å². The molecule has 6 nitrogen and oxygen atoms in total. The van der Waals surface area contributed by atoms with E-state index >= 15 is 0 Å². The molecule has 0 saturated carbocycles. The zero-order chi connectivity index (χ0) is 19.0. The van der Waals surface area contributed by atoms with Crippen LogP contribution < -0.4 is 10.5 Å². The molecule has 0 aliphatic rings. The number of rotatable bonds is 5. The second-order valence-electron chi connectivity index (χ2n) is 6.71. The predicted molar refractivity (Wildman–Crippen MR) is 109 cm³/mol. The Labute approximate surface area is 157 Å². The summed E-state index contributed by atoms with van der Waals surface area (Å²) in [5.41, 5.74) is 2.92. The molecule has 0 amide bonds. The zero-order valence-electron chi connectivity index (χ0n) is 15.9. The molecule has 0 saturated heterocycles. The number of aryl methyl sites for hydroxylation is 1. The second-order valence-corrected chi connectivity index (χ2v) is 6.71. The Morgan fingerprint density at radius 3 is 2.44 bits per heavy atom. The Morgan fingerprint density at radius 1 is 1.00 bits per heavy atom. The van der Waals surface area contributed by atoms with Gasteiger partial charge in [-0.15, -0.1) is 10.2 Å². The molecule has 0 radical (unpaired) electrons. The molecule has 4 aromatic rings. The van der Waals surface area contributed by atoms with Crippen LogP contribution in [0.15, 0.2) is 53.3 Å². The van der Waals surface area contributed by atoms with E-state index in [0.717, 1.165) is 35.7 Å². The standard InChI is InChI=1S/C21H23N5O/c1-4-24(5-2)20-22-23-21-25(14-16-9-7-6-8-10-16)19(27)17-13-15(3)11-12-18(17)26(20)21/h6-13H,4-5,14H2,1-3H3. The molecule has 0 atom stereocenters. The summed E-state index contributed by atoms with van der Waals surface area (Å²) in [4.78, 5) is 15.4. The maximum absolute atomic E-state index is 13.3. The molecule has 2 aromatic carbocycles. The first-order chi connectivity index (χ1) is 13.1. The topological polar surface area (TPSA) is 55.4 Å². The summed E-state index contributed by atoms with van der Waals surface area (Å²) in [5, 5.41) is 9.52. The molecular formula is C21H23N5O. The van der Waals surface area contributed by atoms with E-state index in [9.17, 15) is 4.79 Å². The molecule has 0 spiro atoms. The molecule has 0 bridgehead atoms. The van der Waals surface area contributed by atoms with E-state index in [1.165, 1.54) is 0 Å². The van der Waals surface area contributed by atoms with Crippen molar-refractivity contribution in [2.75, 3.05) is 18.0 Å². The number of anilines is 1. The van der Waals surface area contributed by atoms with Crippen molar-refractivity contribution in [3.63, 3.8) is 0 Å². The second kappa shape index (κ2) is 6.87. The van der Waals surface area contributed by atoms with Crippen LogP contribution in [0, 0.1) is 6.92 Å². The lowest BCUT2D eigenvalue weighted by Crippen LogP contribution is -2.27. The summed E-state index contributed by atoms with van der Waals surface area (Å²) in [6.45, 7) is 8.30. The molecule has 0 fully saturated rings. The first kappa shape index (κ1) is 17.3. The first-order valence-corrected chi connectivity index (χ1v) is 9.31. The van der Waals surface area contributed by atoms with Gasteiger partial charge < -0.3 is 4.90 Å². The minimum atomic E-state index is -0.0384. The van der Waals surface area contributed by atoms with Crippen LogP contribution in [0.4, 0.5) is 5.95 Å². The quantitative estimate of drug-likeness (QED) is 0.548. The Morgan fingerprint density at radius 2 is 1.74 bits per heavy atom. The molecule has 2 aromatic heterocycles. The smallest absolute Gasteiger partial charge is 0.263 e. The minimum Gasteiger partial charge on any atom is -0.341 e. The average molecular weight is 361 g/mol. The van der Waals surface area contributed by atoms with Crippen LogP contribution in [-0.2, 0) is 6.54 Å². The normalized spacial score (nSPS) is 11.4. The third-order valence-electron chi connectivity index (χ3n) is 4.97. The molecule has 138 valence electrons. The van der Waals surface area contributed by atoms with E-state index in [0.29, 0.717) is 17.7 Å². The first-order valence-electron chi connectivity index (χ1n) is 9.31. The van der Waals surface area contributed by atoms with Crippen LogP contribution in [0.2, 0.25) is 0 Å². The summed E-state index contributed by atoms with van der Waals surface area (Å²) < 4.78 is 3.73. The fourth-order valence-corrected chi connectivity index (χ4v) is 3.53. The van der Waals surface area contributed by atoms with Gasteiger partial charge >= 0.3 is 0 Å². The summed E-state index contributed by atoms with van der Waals surface area (Å²) in [5.74, 6) is 1.34.